The highest BCUT2D eigenvalue weighted by Gasteiger charge is 2.04. The van der Waals surface area contributed by atoms with E-state index in [1.54, 1.807) is 0 Å². The minimum absolute atomic E-state index is 0.676. The van der Waals surface area contributed by atoms with Crippen LogP contribution in [0.2, 0.25) is 0 Å². The van der Waals surface area contributed by atoms with Crippen molar-refractivity contribution in [3.8, 4) is 0 Å². The van der Waals surface area contributed by atoms with Gasteiger partial charge in [-0.15, -0.1) is 0 Å². The Kier molecular flexibility index (Phi) is 17.0. The Balaban J connectivity index is -0.000000200. The molecule has 0 aromatic heterocycles. The molecule has 0 saturated carbocycles. The maximum absolute atomic E-state index is 2.33. The van der Waals surface area contributed by atoms with Gasteiger partial charge in [-0.1, -0.05) is 0 Å². The minimum atomic E-state index is 0.676. The van der Waals surface area contributed by atoms with Crippen molar-refractivity contribution in [3.05, 3.63) is 0 Å². The van der Waals surface area contributed by atoms with Gasteiger partial charge < -0.3 is 14.7 Å². The summed E-state index contributed by atoms with van der Waals surface area (Å²) in [6.45, 7) is 13.2. The first-order valence-corrected chi connectivity index (χ1v) is 6.92. The van der Waals surface area contributed by atoms with Crippen molar-refractivity contribution in [2.45, 2.75) is 59.7 Å². The molecule has 0 aromatic rings. The molecule has 3 heteroatoms. The van der Waals surface area contributed by atoms with Gasteiger partial charge in [-0.25, -0.2) is 0 Å². The van der Waals surface area contributed by atoms with Crippen molar-refractivity contribution >= 4 is 0 Å². The molecule has 114 valence electrons. The van der Waals surface area contributed by atoms with Gasteiger partial charge in [-0.2, -0.15) is 0 Å². The quantitative estimate of drug-likeness (QED) is 0.773. The van der Waals surface area contributed by atoms with E-state index in [0.29, 0.717) is 18.1 Å². The molecule has 0 N–H and O–H groups in total. The lowest BCUT2D eigenvalue weighted by atomic mass is 10.3. The zero-order valence-corrected chi connectivity index (χ0v) is 15.1. The summed E-state index contributed by atoms with van der Waals surface area (Å²) in [5.41, 5.74) is 0. The van der Waals surface area contributed by atoms with E-state index >= 15 is 0 Å². The molecule has 18 heavy (non-hydrogen) atoms. The number of hydrogen-bond acceptors (Lipinski definition) is 3. The van der Waals surface area contributed by atoms with Gasteiger partial charge in [0.15, 0.2) is 0 Å². The minimum Gasteiger partial charge on any atom is -0.312 e. The molecule has 0 aliphatic carbocycles. The third-order valence-electron chi connectivity index (χ3n) is 2.66. The van der Waals surface area contributed by atoms with Crippen LogP contribution in [0.15, 0.2) is 0 Å². The summed E-state index contributed by atoms with van der Waals surface area (Å²) >= 11 is 0. The van der Waals surface area contributed by atoms with Gasteiger partial charge in [0.25, 0.3) is 0 Å². The van der Waals surface area contributed by atoms with E-state index < -0.39 is 0 Å². The lowest BCUT2D eigenvalue weighted by molar-refractivity contribution is 0.222. The molecule has 0 aromatic carbocycles. The molecule has 0 unspecified atom stereocenters. The van der Waals surface area contributed by atoms with Crippen LogP contribution < -0.4 is 0 Å². The van der Waals surface area contributed by atoms with Crippen LogP contribution in [0.25, 0.3) is 0 Å². The zero-order chi connectivity index (χ0) is 15.5. The maximum Gasteiger partial charge on any atom is 0.00382 e. The van der Waals surface area contributed by atoms with Crippen LogP contribution in [-0.2, 0) is 0 Å². The summed E-state index contributed by atoms with van der Waals surface area (Å²) in [5.74, 6) is 0. The van der Waals surface area contributed by atoms with Crippen molar-refractivity contribution in [2.24, 2.45) is 0 Å². The topological polar surface area (TPSA) is 9.72 Å². The molecular weight excluding hydrogens is 222 g/mol. The van der Waals surface area contributed by atoms with Gasteiger partial charge in [-0.05, 0) is 83.8 Å². The molecule has 0 saturated heterocycles. The van der Waals surface area contributed by atoms with Gasteiger partial charge in [0.2, 0.25) is 0 Å². The summed E-state index contributed by atoms with van der Waals surface area (Å²) in [5, 5.41) is 0. The normalized spacial score (nSPS) is 11.0. The van der Waals surface area contributed by atoms with Crippen LogP contribution in [0.5, 0.6) is 0 Å². The van der Waals surface area contributed by atoms with Gasteiger partial charge in [0, 0.05) is 18.1 Å². The first-order chi connectivity index (χ1) is 7.93. The molecule has 0 atom stereocenters. The van der Waals surface area contributed by atoms with Crippen LogP contribution in [0.3, 0.4) is 0 Å². The molecule has 0 aliphatic heterocycles. The summed E-state index contributed by atoms with van der Waals surface area (Å²) in [6, 6.07) is 2.04. The molecule has 0 fully saturated rings. The summed E-state index contributed by atoms with van der Waals surface area (Å²) < 4.78 is 0. The Bertz CT molecular complexity index is 135. The van der Waals surface area contributed by atoms with Crippen molar-refractivity contribution in [1.29, 1.82) is 0 Å². The van der Waals surface area contributed by atoms with Crippen LogP contribution >= 0.6 is 0 Å². The van der Waals surface area contributed by atoms with E-state index in [4.69, 9.17) is 0 Å². The first-order valence-electron chi connectivity index (χ1n) is 6.92. The van der Waals surface area contributed by atoms with Crippen molar-refractivity contribution in [1.82, 2.24) is 14.7 Å². The first kappa shape index (κ1) is 23.0. The van der Waals surface area contributed by atoms with E-state index in [-0.39, 0.29) is 0 Å². The Labute approximate surface area is 117 Å². The smallest absolute Gasteiger partial charge is 0.00382 e. The molecule has 0 radical (unpaired) electrons. The number of rotatable bonds is 3. The highest BCUT2D eigenvalue weighted by Crippen LogP contribution is 1.98. The van der Waals surface area contributed by atoms with Crippen molar-refractivity contribution < 1.29 is 0 Å². The van der Waals surface area contributed by atoms with Gasteiger partial charge in [0.05, 0.1) is 0 Å². The Morgan fingerprint density at radius 2 is 0.667 bits per heavy atom. The lowest BCUT2D eigenvalue weighted by Gasteiger charge is -2.24. The second kappa shape index (κ2) is 13.3. The van der Waals surface area contributed by atoms with E-state index in [1.165, 1.54) is 0 Å². The molecular formula is C15H39N3. The Hall–Kier alpha value is -0.120. The summed E-state index contributed by atoms with van der Waals surface area (Å²) in [4.78, 5) is 6.50. The van der Waals surface area contributed by atoms with Crippen LogP contribution in [0, 0.1) is 0 Å². The molecule has 0 aliphatic rings. The van der Waals surface area contributed by atoms with Crippen molar-refractivity contribution in [2.75, 3.05) is 42.3 Å². The monoisotopic (exact) mass is 261 g/mol. The maximum atomic E-state index is 2.33. The predicted molar refractivity (Wildman–Crippen MR) is 86.5 cm³/mol. The van der Waals surface area contributed by atoms with Crippen LogP contribution in [0.1, 0.15) is 41.5 Å². The van der Waals surface area contributed by atoms with E-state index in [2.05, 4.69) is 72.5 Å². The van der Waals surface area contributed by atoms with E-state index in [0.717, 1.165) is 0 Å². The second-order valence-electron chi connectivity index (χ2n) is 6.25. The standard InChI is InChI=1S/C7H17N.C5H13N.C3H9N/c1-6(2)8(5)7(3)4;1-5(2)6(3)4;1-4(2)3/h6-7H,1-5H3;5H,1-4H3;1-3H3. The third kappa shape index (κ3) is 24.9. The average Bonchev–Trinajstić information content (AvgIpc) is 2.15. The van der Waals surface area contributed by atoms with Gasteiger partial charge >= 0.3 is 0 Å². The fraction of sp³-hybridized carbons (Fsp3) is 1.00. The van der Waals surface area contributed by atoms with E-state index in [1.807, 2.05) is 26.0 Å². The molecule has 3 nitrogen and oxygen atoms in total. The highest BCUT2D eigenvalue weighted by atomic mass is 15.1. The number of nitrogens with zero attached hydrogens (tertiary/aromatic N) is 3. The molecule has 0 bridgehead atoms. The Morgan fingerprint density at radius 3 is 0.667 bits per heavy atom. The molecule has 0 rings (SSSR count). The summed E-state index contributed by atoms with van der Waals surface area (Å²) in [6.07, 6.45) is 0. The highest BCUT2D eigenvalue weighted by molar-refractivity contribution is 4.60. The second-order valence-corrected chi connectivity index (χ2v) is 6.25. The summed E-state index contributed by atoms with van der Waals surface area (Å²) in [7, 11) is 12.3. The molecule has 0 amide bonds. The van der Waals surface area contributed by atoms with Gasteiger partial charge in [-0.3, -0.25) is 0 Å². The molecule has 0 spiro atoms. The van der Waals surface area contributed by atoms with Crippen molar-refractivity contribution in [3.63, 3.8) is 0 Å². The Morgan fingerprint density at radius 1 is 0.500 bits per heavy atom. The molecule has 0 heterocycles. The zero-order valence-electron chi connectivity index (χ0n) is 15.1. The average molecular weight is 261 g/mol. The van der Waals surface area contributed by atoms with E-state index in [9.17, 15) is 0 Å². The SMILES string of the molecule is CC(C)N(C)C.CC(C)N(C)C(C)C.CN(C)C. The van der Waals surface area contributed by atoms with Gasteiger partial charge in [0.1, 0.15) is 0 Å². The predicted octanol–water partition coefficient (Wildman–Crippen LogP) is 2.87. The van der Waals surface area contributed by atoms with Crippen LogP contribution in [-0.4, -0.2) is 75.1 Å². The largest absolute Gasteiger partial charge is 0.312 e. The fourth-order valence-corrected chi connectivity index (χ4v) is 0.596. The lowest BCUT2D eigenvalue weighted by Crippen LogP contribution is -2.32. The number of hydrogen-bond donors (Lipinski definition) is 0. The fourth-order valence-electron chi connectivity index (χ4n) is 0.596. The van der Waals surface area contributed by atoms with Crippen LogP contribution in [0.4, 0.5) is 0 Å². The third-order valence-corrected chi connectivity index (χ3v) is 2.66.